The second kappa shape index (κ2) is 5.02. The minimum atomic E-state index is 0.0547. The van der Waals surface area contributed by atoms with Gasteiger partial charge in [0.2, 0.25) is 5.91 Å². The number of piperazine rings is 1. The summed E-state index contributed by atoms with van der Waals surface area (Å²) in [6, 6.07) is 0.487. The van der Waals surface area contributed by atoms with Gasteiger partial charge in [-0.3, -0.25) is 9.69 Å². The Morgan fingerprint density at radius 3 is 2.69 bits per heavy atom. The first-order chi connectivity index (χ1) is 7.58. The molecule has 0 aromatic carbocycles. The molecule has 16 heavy (non-hydrogen) atoms. The van der Waals surface area contributed by atoms with E-state index in [1.807, 2.05) is 4.90 Å². The van der Waals surface area contributed by atoms with Crippen LogP contribution < -0.4 is 0 Å². The Balaban J connectivity index is 1.91. The predicted octanol–water partition coefficient (Wildman–Crippen LogP) is 0.228. The Bertz CT molecular complexity index is 274. The number of rotatable bonds is 2. The second-order valence-electron chi connectivity index (χ2n) is 4.94. The van der Waals surface area contributed by atoms with E-state index in [1.165, 1.54) is 0 Å². The first-order valence-corrected chi connectivity index (χ1v) is 6.81. The summed E-state index contributed by atoms with van der Waals surface area (Å²) >= 11 is 3.42. The van der Waals surface area contributed by atoms with Crippen molar-refractivity contribution < 1.29 is 4.79 Å². The molecule has 2 aliphatic heterocycles. The van der Waals surface area contributed by atoms with Crippen molar-refractivity contribution in [3.05, 3.63) is 0 Å². The Hall–Kier alpha value is -0.130. The van der Waals surface area contributed by atoms with Crippen molar-refractivity contribution in [1.29, 1.82) is 0 Å². The van der Waals surface area contributed by atoms with Crippen molar-refractivity contribution in [3.8, 4) is 0 Å². The van der Waals surface area contributed by atoms with Crippen molar-refractivity contribution in [2.45, 2.75) is 17.3 Å². The van der Waals surface area contributed by atoms with Gasteiger partial charge in [0.15, 0.2) is 0 Å². The van der Waals surface area contributed by atoms with Crippen LogP contribution in [0.2, 0.25) is 0 Å². The third-order valence-electron chi connectivity index (χ3n) is 3.64. The molecule has 0 N–H and O–H groups in total. The van der Waals surface area contributed by atoms with Crippen molar-refractivity contribution >= 4 is 21.8 Å². The summed E-state index contributed by atoms with van der Waals surface area (Å²) in [6.45, 7) is 5.07. The Morgan fingerprint density at radius 1 is 1.31 bits per heavy atom. The molecule has 2 aliphatic rings. The minimum absolute atomic E-state index is 0.0547. The van der Waals surface area contributed by atoms with Gasteiger partial charge in [-0.25, -0.2) is 0 Å². The van der Waals surface area contributed by atoms with Gasteiger partial charge in [0, 0.05) is 38.8 Å². The first-order valence-electron chi connectivity index (χ1n) is 5.89. The van der Waals surface area contributed by atoms with Crippen LogP contribution in [0.5, 0.6) is 0 Å². The Labute approximate surface area is 106 Å². The van der Waals surface area contributed by atoms with E-state index in [1.54, 1.807) is 0 Å². The number of likely N-dealkylation sites (N-methyl/N-ethyl adjacent to an activating group) is 2. The molecule has 2 fully saturated rings. The standard InChI is InChI=1S/C11H20BrN3O/c1-13-5-6-14(2)9(7-13)8-15-4-3-10(12)11(15)16/h9-10H,3-8H2,1-2H3. The maximum atomic E-state index is 11.8. The lowest BCUT2D eigenvalue weighted by Gasteiger charge is -2.39. The van der Waals surface area contributed by atoms with Crippen molar-refractivity contribution in [1.82, 2.24) is 14.7 Å². The molecule has 2 saturated heterocycles. The van der Waals surface area contributed by atoms with Crippen LogP contribution in [0, 0.1) is 0 Å². The molecular formula is C11H20BrN3O. The summed E-state index contributed by atoms with van der Waals surface area (Å²) in [4.78, 5) is 18.6. The number of nitrogens with zero attached hydrogens (tertiary/aromatic N) is 3. The molecule has 1 amide bonds. The average molecular weight is 290 g/mol. The monoisotopic (exact) mass is 289 g/mol. The smallest absolute Gasteiger partial charge is 0.236 e. The molecule has 92 valence electrons. The number of carbonyl (C=O) groups excluding carboxylic acids is 1. The summed E-state index contributed by atoms with van der Waals surface area (Å²) < 4.78 is 0. The lowest BCUT2D eigenvalue weighted by molar-refractivity contribution is -0.128. The molecular weight excluding hydrogens is 270 g/mol. The highest BCUT2D eigenvalue weighted by Gasteiger charge is 2.33. The number of hydrogen-bond acceptors (Lipinski definition) is 3. The van der Waals surface area contributed by atoms with E-state index >= 15 is 0 Å². The molecule has 0 aromatic rings. The summed E-state index contributed by atoms with van der Waals surface area (Å²) in [5.41, 5.74) is 0. The molecule has 5 heteroatoms. The van der Waals surface area contributed by atoms with Crippen LogP contribution in [0.1, 0.15) is 6.42 Å². The fourth-order valence-corrected chi connectivity index (χ4v) is 2.93. The summed E-state index contributed by atoms with van der Waals surface area (Å²) in [6.07, 6.45) is 0.950. The van der Waals surface area contributed by atoms with Gasteiger partial charge in [-0.1, -0.05) is 15.9 Å². The number of amides is 1. The lowest BCUT2D eigenvalue weighted by Crippen LogP contribution is -2.54. The first kappa shape index (κ1) is 12.3. The van der Waals surface area contributed by atoms with Crippen LogP contribution in [0.4, 0.5) is 0 Å². The van der Waals surface area contributed by atoms with E-state index in [4.69, 9.17) is 0 Å². The SMILES string of the molecule is CN1CCN(C)C(CN2CCC(Br)C2=O)C1. The fraction of sp³-hybridized carbons (Fsp3) is 0.909. The van der Waals surface area contributed by atoms with Crippen LogP contribution in [0.25, 0.3) is 0 Å². The number of alkyl halides is 1. The molecule has 2 atom stereocenters. The van der Waals surface area contributed by atoms with Gasteiger partial charge < -0.3 is 9.80 Å². The maximum absolute atomic E-state index is 11.8. The molecule has 0 saturated carbocycles. The van der Waals surface area contributed by atoms with Crippen molar-refractivity contribution in [3.63, 3.8) is 0 Å². The van der Waals surface area contributed by atoms with Crippen molar-refractivity contribution in [2.24, 2.45) is 0 Å². The predicted molar refractivity (Wildman–Crippen MR) is 67.8 cm³/mol. The molecule has 2 rings (SSSR count). The molecule has 0 aromatic heterocycles. The number of carbonyl (C=O) groups is 1. The average Bonchev–Trinajstić information content (AvgIpc) is 2.55. The normalized spacial score (nSPS) is 33.7. The number of likely N-dealkylation sites (tertiary alicyclic amines) is 1. The number of hydrogen-bond donors (Lipinski definition) is 0. The Morgan fingerprint density at radius 2 is 2.06 bits per heavy atom. The largest absolute Gasteiger partial charge is 0.340 e. The molecule has 2 heterocycles. The maximum Gasteiger partial charge on any atom is 0.236 e. The van der Waals surface area contributed by atoms with E-state index in [9.17, 15) is 4.79 Å². The molecule has 2 unspecified atom stereocenters. The molecule has 0 radical (unpaired) electrons. The Kier molecular flexibility index (Phi) is 3.87. The second-order valence-corrected chi connectivity index (χ2v) is 6.04. The quantitative estimate of drug-likeness (QED) is 0.681. The highest BCUT2D eigenvalue weighted by Crippen LogP contribution is 2.19. The lowest BCUT2D eigenvalue weighted by atomic mass is 10.2. The van der Waals surface area contributed by atoms with Crippen LogP contribution >= 0.6 is 15.9 Å². The van der Waals surface area contributed by atoms with Crippen LogP contribution in [0.15, 0.2) is 0 Å². The van der Waals surface area contributed by atoms with Crippen LogP contribution in [-0.4, -0.2) is 78.3 Å². The van der Waals surface area contributed by atoms with E-state index < -0.39 is 0 Å². The van der Waals surface area contributed by atoms with Crippen molar-refractivity contribution in [2.75, 3.05) is 46.8 Å². The molecule has 0 aliphatic carbocycles. The summed E-state index contributed by atoms with van der Waals surface area (Å²) in [5.74, 6) is 0.265. The van der Waals surface area contributed by atoms with Gasteiger partial charge >= 0.3 is 0 Å². The van der Waals surface area contributed by atoms with Gasteiger partial charge in [-0.15, -0.1) is 0 Å². The highest BCUT2D eigenvalue weighted by molar-refractivity contribution is 9.10. The van der Waals surface area contributed by atoms with Gasteiger partial charge in [0.25, 0.3) is 0 Å². The van der Waals surface area contributed by atoms with Gasteiger partial charge in [0.05, 0.1) is 4.83 Å². The zero-order chi connectivity index (χ0) is 11.7. The number of halogens is 1. The third-order valence-corrected chi connectivity index (χ3v) is 4.49. The summed E-state index contributed by atoms with van der Waals surface area (Å²) in [7, 11) is 4.31. The van der Waals surface area contributed by atoms with Crippen LogP contribution in [-0.2, 0) is 4.79 Å². The minimum Gasteiger partial charge on any atom is -0.340 e. The molecule has 0 spiro atoms. The van der Waals surface area contributed by atoms with E-state index in [2.05, 4.69) is 39.8 Å². The van der Waals surface area contributed by atoms with Gasteiger partial charge in [-0.05, 0) is 20.5 Å². The summed E-state index contributed by atoms with van der Waals surface area (Å²) in [5, 5.41) is 0. The van der Waals surface area contributed by atoms with Gasteiger partial charge in [-0.2, -0.15) is 0 Å². The zero-order valence-electron chi connectivity index (χ0n) is 10.0. The molecule has 0 bridgehead atoms. The third kappa shape index (κ3) is 2.57. The molecule has 4 nitrogen and oxygen atoms in total. The zero-order valence-corrected chi connectivity index (χ0v) is 11.6. The van der Waals surface area contributed by atoms with Crippen LogP contribution in [0.3, 0.4) is 0 Å². The highest BCUT2D eigenvalue weighted by atomic mass is 79.9. The van der Waals surface area contributed by atoms with Gasteiger partial charge in [0.1, 0.15) is 0 Å². The fourth-order valence-electron chi connectivity index (χ4n) is 2.44. The van der Waals surface area contributed by atoms with E-state index in [-0.39, 0.29) is 10.7 Å². The topological polar surface area (TPSA) is 26.8 Å². The van der Waals surface area contributed by atoms with E-state index in [0.717, 1.165) is 39.1 Å². The van der Waals surface area contributed by atoms with E-state index in [0.29, 0.717) is 6.04 Å².